The number of nitrogens with one attached hydrogen (secondary N) is 1. The highest BCUT2D eigenvalue weighted by Gasteiger charge is 2.18. The molecule has 0 unspecified atom stereocenters. The van der Waals surface area contributed by atoms with E-state index in [9.17, 15) is 18.0 Å². The number of aryl methyl sites for hydroxylation is 1. The summed E-state index contributed by atoms with van der Waals surface area (Å²) in [6.07, 6.45) is 1.08. The van der Waals surface area contributed by atoms with E-state index >= 15 is 0 Å². The Morgan fingerprint density at radius 3 is 2.79 bits per heavy atom. The van der Waals surface area contributed by atoms with E-state index in [1.807, 2.05) is 0 Å². The molecule has 0 saturated heterocycles. The summed E-state index contributed by atoms with van der Waals surface area (Å²) in [5.74, 6) is -1.48. The minimum Gasteiger partial charge on any atom is -0.318 e. The van der Waals surface area contributed by atoms with Gasteiger partial charge in [-0.05, 0) is 30.7 Å². The first-order valence-electron chi connectivity index (χ1n) is 5.38. The minimum absolute atomic E-state index is 0.0629. The highest BCUT2D eigenvalue weighted by molar-refractivity contribution is 6.03. The number of anilines is 1. The summed E-state index contributed by atoms with van der Waals surface area (Å²) in [5, 5.41) is 5.57. The van der Waals surface area contributed by atoms with E-state index in [2.05, 4.69) is 10.4 Å². The van der Waals surface area contributed by atoms with Gasteiger partial charge in [0, 0.05) is 6.20 Å². The smallest absolute Gasteiger partial charge is 0.318 e. The molecule has 0 bridgehead atoms. The topological polar surface area (TPSA) is 46.9 Å². The fourth-order valence-electron chi connectivity index (χ4n) is 1.57. The van der Waals surface area contributed by atoms with E-state index in [0.717, 1.165) is 17.8 Å². The molecule has 1 amide bonds. The van der Waals surface area contributed by atoms with Crippen LogP contribution in [0.3, 0.4) is 0 Å². The molecular weight excluding hydrogens is 259 g/mol. The Morgan fingerprint density at radius 1 is 1.37 bits per heavy atom. The zero-order valence-corrected chi connectivity index (χ0v) is 9.90. The van der Waals surface area contributed by atoms with Crippen molar-refractivity contribution in [2.24, 2.45) is 0 Å². The maximum Gasteiger partial charge on any atom is 0.333 e. The predicted molar refractivity (Wildman–Crippen MR) is 62.6 cm³/mol. The number of rotatable bonds is 3. The number of amides is 1. The molecule has 0 saturated carbocycles. The summed E-state index contributed by atoms with van der Waals surface area (Å²) in [6.45, 7) is -1.21. The lowest BCUT2D eigenvalue weighted by atomic mass is 10.2. The van der Waals surface area contributed by atoms with Crippen molar-refractivity contribution in [2.45, 2.75) is 13.5 Å². The van der Waals surface area contributed by atoms with Gasteiger partial charge in [0.05, 0.1) is 5.69 Å². The molecular formula is C12H10F3N3O. The summed E-state index contributed by atoms with van der Waals surface area (Å²) >= 11 is 0. The van der Waals surface area contributed by atoms with Crippen LogP contribution in [0.1, 0.15) is 22.6 Å². The molecule has 0 radical (unpaired) electrons. The second kappa shape index (κ2) is 5.13. The quantitative estimate of drug-likeness (QED) is 0.931. The number of hydrogen-bond donors (Lipinski definition) is 1. The van der Waals surface area contributed by atoms with Crippen LogP contribution in [0.25, 0.3) is 0 Å². The maximum absolute atomic E-state index is 13.4. The van der Waals surface area contributed by atoms with Crippen LogP contribution in [-0.2, 0) is 0 Å². The van der Waals surface area contributed by atoms with Crippen molar-refractivity contribution in [1.82, 2.24) is 9.78 Å². The Bertz CT molecular complexity index is 610. The SMILES string of the molecule is Cc1ccc(F)c(NC(=O)c2ccnn2C(F)F)c1. The van der Waals surface area contributed by atoms with E-state index in [4.69, 9.17) is 0 Å². The molecule has 2 rings (SSSR count). The Morgan fingerprint density at radius 2 is 2.11 bits per heavy atom. The molecule has 0 aliphatic carbocycles. The van der Waals surface area contributed by atoms with Crippen molar-refractivity contribution in [2.75, 3.05) is 5.32 Å². The van der Waals surface area contributed by atoms with Crippen LogP contribution in [0.2, 0.25) is 0 Å². The molecule has 0 aliphatic rings. The maximum atomic E-state index is 13.4. The molecule has 0 spiro atoms. The lowest BCUT2D eigenvalue weighted by molar-refractivity contribution is 0.0520. The molecule has 4 nitrogen and oxygen atoms in total. The van der Waals surface area contributed by atoms with E-state index in [1.54, 1.807) is 6.92 Å². The van der Waals surface area contributed by atoms with Crippen molar-refractivity contribution in [3.8, 4) is 0 Å². The van der Waals surface area contributed by atoms with Gasteiger partial charge in [0.1, 0.15) is 11.5 Å². The fraction of sp³-hybridized carbons (Fsp3) is 0.167. The van der Waals surface area contributed by atoms with Gasteiger partial charge in [-0.3, -0.25) is 4.79 Å². The van der Waals surface area contributed by atoms with Crippen LogP contribution < -0.4 is 5.32 Å². The van der Waals surface area contributed by atoms with Crippen LogP contribution in [0.15, 0.2) is 30.5 Å². The Balaban J connectivity index is 2.26. The molecule has 0 atom stereocenters. The highest BCUT2D eigenvalue weighted by atomic mass is 19.3. The molecule has 0 aliphatic heterocycles. The monoisotopic (exact) mass is 269 g/mol. The normalized spacial score (nSPS) is 10.8. The lowest BCUT2D eigenvalue weighted by Crippen LogP contribution is -2.19. The summed E-state index contributed by atoms with van der Waals surface area (Å²) in [7, 11) is 0. The van der Waals surface area contributed by atoms with Crippen LogP contribution in [-0.4, -0.2) is 15.7 Å². The van der Waals surface area contributed by atoms with E-state index in [0.29, 0.717) is 0 Å². The van der Waals surface area contributed by atoms with Crippen molar-refractivity contribution in [3.63, 3.8) is 0 Å². The predicted octanol–water partition coefficient (Wildman–Crippen LogP) is 2.98. The van der Waals surface area contributed by atoms with Crippen molar-refractivity contribution >= 4 is 11.6 Å². The molecule has 1 heterocycles. The average Bonchev–Trinajstić information content (AvgIpc) is 2.83. The van der Waals surface area contributed by atoms with Gasteiger partial charge < -0.3 is 5.32 Å². The van der Waals surface area contributed by atoms with Crippen molar-refractivity contribution in [3.05, 3.63) is 47.5 Å². The van der Waals surface area contributed by atoms with Gasteiger partial charge in [0.25, 0.3) is 5.91 Å². The number of carbonyl (C=O) groups is 1. The molecule has 0 fully saturated rings. The number of halogens is 3. The second-order valence-corrected chi connectivity index (χ2v) is 3.88. The van der Waals surface area contributed by atoms with E-state index < -0.39 is 18.3 Å². The molecule has 1 aromatic carbocycles. The van der Waals surface area contributed by atoms with Gasteiger partial charge in [-0.25, -0.2) is 4.39 Å². The first-order chi connectivity index (χ1) is 8.99. The number of alkyl halides is 2. The van der Waals surface area contributed by atoms with E-state index in [1.165, 1.54) is 18.2 Å². The van der Waals surface area contributed by atoms with Gasteiger partial charge in [-0.2, -0.15) is 18.6 Å². The molecule has 1 N–H and O–H groups in total. The molecule has 100 valence electrons. The lowest BCUT2D eigenvalue weighted by Gasteiger charge is -2.08. The van der Waals surface area contributed by atoms with Gasteiger partial charge in [0.2, 0.25) is 0 Å². The highest BCUT2D eigenvalue weighted by Crippen LogP contribution is 2.18. The summed E-state index contributed by atoms with van der Waals surface area (Å²) in [6, 6.07) is 5.27. The standard InChI is InChI=1S/C12H10F3N3O/c1-7-2-3-8(13)9(6-7)17-11(19)10-4-5-16-18(10)12(14)15/h2-6,12H,1H3,(H,17,19). The fourth-order valence-corrected chi connectivity index (χ4v) is 1.57. The molecule has 1 aromatic heterocycles. The van der Waals surface area contributed by atoms with Crippen LogP contribution >= 0.6 is 0 Å². The van der Waals surface area contributed by atoms with Crippen molar-refractivity contribution in [1.29, 1.82) is 0 Å². The minimum atomic E-state index is -2.93. The number of aromatic nitrogens is 2. The van der Waals surface area contributed by atoms with E-state index in [-0.39, 0.29) is 16.1 Å². The third-order valence-corrected chi connectivity index (χ3v) is 2.46. The third kappa shape index (κ3) is 2.75. The second-order valence-electron chi connectivity index (χ2n) is 3.88. The third-order valence-electron chi connectivity index (χ3n) is 2.46. The van der Waals surface area contributed by atoms with Crippen LogP contribution in [0, 0.1) is 12.7 Å². The number of benzene rings is 1. The number of hydrogen-bond acceptors (Lipinski definition) is 2. The van der Waals surface area contributed by atoms with Crippen LogP contribution in [0.5, 0.6) is 0 Å². The van der Waals surface area contributed by atoms with Crippen LogP contribution in [0.4, 0.5) is 18.9 Å². The van der Waals surface area contributed by atoms with Gasteiger partial charge in [-0.15, -0.1) is 0 Å². The summed E-state index contributed by atoms with van der Waals surface area (Å²) < 4.78 is 38.8. The Labute approximate surface area is 106 Å². The zero-order chi connectivity index (χ0) is 14.0. The van der Waals surface area contributed by atoms with Gasteiger partial charge in [0.15, 0.2) is 0 Å². The first-order valence-corrected chi connectivity index (χ1v) is 5.38. The van der Waals surface area contributed by atoms with Gasteiger partial charge >= 0.3 is 6.55 Å². The van der Waals surface area contributed by atoms with Gasteiger partial charge in [-0.1, -0.05) is 6.07 Å². The number of carbonyl (C=O) groups excluding carboxylic acids is 1. The largest absolute Gasteiger partial charge is 0.333 e. The molecule has 2 aromatic rings. The summed E-state index contributed by atoms with van der Waals surface area (Å²) in [5.41, 5.74) is 0.335. The first kappa shape index (κ1) is 13.1. The van der Waals surface area contributed by atoms with Crippen molar-refractivity contribution < 1.29 is 18.0 Å². The number of nitrogens with zero attached hydrogens (tertiary/aromatic N) is 2. The molecule has 19 heavy (non-hydrogen) atoms. The molecule has 7 heteroatoms. The zero-order valence-electron chi connectivity index (χ0n) is 9.90. The Hall–Kier alpha value is -2.31. The summed E-state index contributed by atoms with van der Waals surface area (Å²) in [4.78, 5) is 11.8. The Kier molecular flexibility index (Phi) is 3.55. The average molecular weight is 269 g/mol.